The molecule has 0 radical (unpaired) electrons. The number of aliphatic carboxylic acids is 2. The molecule has 1 aliphatic heterocycles. The Kier molecular flexibility index (Phi) is 8.62. The van der Waals surface area contributed by atoms with Gasteiger partial charge in [0.15, 0.2) is 5.41 Å². The predicted molar refractivity (Wildman–Crippen MR) is 72.1 cm³/mol. The second kappa shape index (κ2) is 8.83. The van der Waals surface area contributed by atoms with E-state index in [0.717, 1.165) is 6.42 Å². The summed E-state index contributed by atoms with van der Waals surface area (Å²) in [6, 6.07) is -0.560. The minimum atomic E-state index is -1.85. The molecule has 6 N–H and O–H groups in total. The van der Waals surface area contributed by atoms with Crippen molar-refractivity contribution in [3.8, 4) is 0 Å². The molecule has 126 valence electrons. The van der Waals surface area contributed by atoms with E-state index in [1.807, 2.05) is 6.92 Å². The Morgan fingerprint density at radius 2 is 1.86 bits per heavy atom. The number of rotatable bonds is 7. The predicted octanol–water partition coefficient (Wildman–Crippen LogP) is 0.0208. The normalized spacial score (nSPS) is 23.7. The molecule has 0 bridgehead atoms. The van der Waals surface area contributed by atoms with E-state index >= 15 is 0 Å². The summed E-state index contributed by atoms with van der Waals surface area (Å²) in [5, 5.41) is 18.8. The van der Waals surface area contributed by atoms with E-state index in [1.165, 1.54) is 0 Å². The summed E-state index contributed by atoms with van der Waals surface area (Å²) < 4.78 is 5.25. The molecular weight excluding hydrogens is 459 g/mol. The molecule has 3 unspecified atom stereocenters. The van der Waals surface area contributed by atoms with Gasteiger partial charge in [-0.1, -0.05) is 6.92 Å². The molecule has 7 nitrogen and oxygen atoms in total. The van der Waals surface area contributed by atoms with Crippen molar-refractivity contribution in [2.45, 2.75) is 44.7 Å². The van der Waals surface area contributed by atoms with Gasteiger partial charge in [-0.2, -0.15) is 0 Å². The number of nitrogens with two attached hydrogens (primary N) is 2. The third-order valence-electron chi connectivity index (χ3n) is 4.25. The Morgan fingerprint density at radius 3 is 2.33 bits per heavy atom. The Morgan fingerprint density at radius 1 is 1.29 bits per heavy atom. The van der Waals surface area contributed by atoms with E-state index in [4.69, 9.17) is 16.2 Å². The summed E-state index contributed by atoms with van der Waals surface area (Å²) >= 11 is 0. The average molecular weight is 483 g/mol. The van der Waals surface area contributed by atoms with Crippen LogP contribution in [0.4, 0.5) is 0 Å². The van der Waals surface area contributed by atoms with Crippen molar-refractivity contribution in [1.29, 1.82) is 0 Å². The van der Waals surface area contributed by atoms with Crippen molar-refractivity contribution in [2.24, 2.45) is 22.8 Å². The van der Waals surface area contributed by atoms with E-state index < -0.39 is 29.3 Å². The molecular formula is C13H24N2O5Pt. The molecule has 1 heterocycles. The summed E-state index contributed by atoms with van der Waals surface area (Å²) in [6.07, 6.45) is 1.88. The van der Waals surface area contributed by atoms with Crippen molar-refractivity contribution >= 4 is 11.9 Å². The molecule has 1 saturated heterocycles. The maximum atomic E-state index is 11.5. The van der Waals surface area contributed by atoms with Crippen molar-refractivity contribution in [1.82, 2.24) is 0 Å². The van der Waals surface area contributed by atoms with E-state index in [-0.39, 0.29) is 46.7 Å². The minimum Gasteiger partial charge on any atom is -0.480 e. The van der Waals surface area contributed by atoms with Crippen molar-refractivity contribution < 1.29 is 45.6 Å². The van der Waals surface area contributed by atoms with Crippen LogP contribution in [0.3, 0.4) is 0 Å². The molecule has 0 aliphatic carbocycles. The zero-order valence-electron chi connectivity index (χ0n) is 12.1. The number of carbonyl (C=O) groups is 2. The van der Waals surface area contributed by atoms with Crippen molar-refractivity contribution in [3.05, 3.63) is 0 Å². The van der Waals surface area contributed by atoms with Crippen LogP contribution in [-0.2, 0) is 35.4 Å². The first-order valence-electron chi connectivity index (χ1n) is 6.92. The number of hydrogen-bond acceptors (Lipinski definition) is 5. The first-order chi connectivity index (χ1) is 9.36. The first-order valence-corrected chi connectivity index (χ1v) is 6.92. The van der Waals surface area contributed by atoms with Crippen LogP contribution < -0.4 is 11.5 Å². The van der Waals surface area contributed by atoms with E-state index in [1.54, 1.807) is 0 Å². The van der Waals surface area contributed by atoms with Crippen molar-refractivity contribution in [3.63, 3.8) is 0 Å². The number of carboxylic acids is 2. The molecule has 8 heteroatoms. The molecule has 1 fully saturated rings. The monoisotopic (exact) mass is 483 g/mol. The van der Waals surface area contributed by atoms with Gasteiger partial charge in [-0.05, 0) is 25.7 Å². The standard InChI is InChI=1S/C13H24N2O5.Pt/c1-2-8(14)3-4-10(15)9-7-20-6-5-13(9,11(16)17)12(18)19;/h8-10H,2-7,14-15H2,1H3,(H,16,17)(H,18,19);. The van der Waals surface area contributed by atoms with Gasteiger partial charge in [0, 0.05) is 45.7 Å². The molecule has 21 heavy (non-hydrogen) atoms. The SMILES string of the molecule is CCC(N)CCC(N)C1COCCC1(C(=O)O)C(=O)O.[Pt]. The minimum absolute atomic E-state index is 0. The van der Waals surface area contributed by atoms with Crippen molar-refractivity contribution in [2.75, 3.05) is 13.2 Å². The van der Waals surface area contributed by atoms with E-state index in [0.29, 0.717) is 12.8 Å². The van der Waals surface area contributed by atoms with Gasteiger partial charge in [0.2, 0.25) is 0 Å². The number of carboxylic acid groups (broad SMARTS) is 2. The Balaban J connectivity index is 0.00000400. The zero-order valence-corrected chi connectivity index (χ0v) is 14.3. The topological polar surface area (TPSA) is 136 Å². The van der Waals surface area contributed by atoms with Gasteiger partial charge >= 0.3 is 11.9 Å². The molecule has 1 aliphatic rings. The van der Waals surface area contributed by atoms with Crippen LogP contribution in [0.5, 0.6) is 0 Å². The summed E-state index contributed by atoms with van der Waals surface area (Å²) in [5.74, 6) is -3.42. The van der Waals surface area contributed by atoms with Gasteiger partial charge in [-0.25, -0.2) is 0 Å². The molecule has 3 atom stereocenters. The van der Waals surface area contributed by atoms with Crippen LogP contribution in [0.1, 0.15) is 32.6 Å². The van der Waals surface area contributed by atoms with E-state index in [9.17, 15) is 19.8 Å². The Hall–Kier alpha value is -0.492. The second-order valence-electron chi connectivity index (χ2n) is 5.42. The van der Waals surface area contributed by atoms with Crippen LogP contribution in [0, 0.1) is 11.3 Å². The van der Waals surface area contributed by atoms with Crippen LogP contribution in [0.2, 0.25) is 0 Å². The second-order valence-corrected chi connectivity index (χ2v) is 5.42. The number of hydrogen-bond donors (Lipinski definition) is 4. The van der Waals surface area contributed by atoms with Gasteiger partial charge in [0.25, 0.3) is 0 Å². The fourth-order valence-electron chi connectivity index (χ4n) is 2.69. The van der Waals surface area contributed by atoms with Gasteiger partial charge < -0.3 is 26.4 Å². The maximum Gasteiger partial charge on any atom is 0.321 e. The summed E-state index contributed by atoms with van der Waals surface area (Å²) in [7, 11) is 0. The van der Waals surface area contributed by atoms with Gasteiger partial charge in [-0.3, -0.25) is 9.59 Å². The third kappa shape index (κ3) is 4.49. The van der Waals surface area contributed by atoms with Gasteiger partial charge in [0.05, 0.1) is 6.61 Å². The molecule has 0 spiro atoms. The Labute approximate surface area is 138 Å². The quantitative estimate of drug-likeness (QED) is 0.375. The molecule has 0 aromatic heterocycles. The summed E-state index contributed by atoms with van der Waals surface area (Å²) in [5.41, 5.74) is 10.0. The largest absolute Gasteiger partial charge is 0.480 e. The maximum absolute atomic E-state index is 11.5. The van der Waals surface area contributed by atoms with E-state index in [2.05, 4.69) is 0 Å². The first kappa shape index (κ1) is 20.5. The number of ether oxygens (including phenoxy) is 1. The summed E-state index contributed by atoms with van der Waals surface area (Å²) in [6.45, 7) is 2.14. The van der Waals surface area contributed by atoms with Crippen LogP contribution in [0.25, 0.3) is 0 Å². The average Bonchev–Trinajstić information content (AvgIpc) is 2.43. The zero-order chi connectivity index (χ0) is 15.3. The Bertz CT molecular complexity index is 352. The smallest absolute Gasteiger partial charge is 0.321 e. The van der Waals surface area contributed by atoms with Crippen LogP contribution in [-0.4, -0.2) is 47.4 Å². The molecule has 0 aromatic rings. The fourth-order valence-corrected chi connectivity index (χ4v) is 2.69. The summed E-state index contributed by atoms with van der Waals surface area (Å²) in [4.78, 5) is 23.0. The van der Waals surface area contributed by atoms with Gasteiger partial charge in [0.1, 0.15) is 0 Å². The molecule has 1 rings (SSSR count). The molecule has 0 aromatic carbocycles. The van der Waals surface area contributed by atoms with Crippen LogP contribution >= 0.6 is 0 Å². The third-order valence-corrected chi connectivity index (χ3v) is 4.25. The van der Waals surface area contributed by atoms with Gasteiger partial charge in [-0.15, -0.1) is 0 Å². The molecule has 0 amide bonds. The van der Waals surface area contributed by atoms with Crippen LogP contribution in [0.15, 0.2) is 0 Å². The molecule has 0 saturated carbocycles. The fraction of sp³-hybridized carbons (Fsp3) is 0.846.